The molecule has 3 heterocycles. The summed E-state index contributed by atoms with van der Waals surface area (Å²) in [5.74, 6) is -0.211. The minimum Gasteiger partial charge on any atom is -0.369 e. The van der Waals surface area contributed by atoms with Gasteiger partial charge in [0.1, 0.15) is 0 Å². The maximum atomic E-state index is 12.1. The zero-order valence-electron chi connectivity index (χ0n) is 13.6. The molecule has 2 fully saturated rings. The third-order valence-electron chi connectivity index (χ3n) is 4.66. The predicted octanol–water partition coefficient (Wildman–Crippen LogP) is 0.180. The molecule has 2 aliphatic heterocycles. The maximum Gasteiger partial charge on any atom is 0.253 e. The first-order valence-electron chi connectivity index (χ1n) is 8.06. The van der Waals surface area contributed by atoms with Gasteiger partial charge in [0.25, 0.3) is 5.91 Å². The van der Waals surface area contributed by atoms with E-state index >= 15 is 0 Å². The largest absolute Gasteiger partial charge is 0.369 e. The van der Waals surface area contributed by atoms with Crippen LogP contribution in [0.25, 0.3) is 0 Å². The second kappa shape index (κ2) is 6.73. The quantitative estimate of drug-likeness (QED) is 0.828. The Morgan fingerprint density at radius 1 is 1.46 bits per heavy atom. The Hall–Kier alpha value is -1.58. The Morgan fingerprint density at radius 3 is 2.96 bits per heavy atom. The molecule has 3 rings (SSSR count). The zero-order chi connectivity index (χ0) is 17.2. The number of hydrogen-bond donors (Lipinski definition) is 1. The lowest BCUT2D eigenvalue weighted by molar-refractivity contribution is -0.116. The molecule has 9 heteroatoms. The van der Waals surface area contributed by atoms with E-state index in [2.05, 4.69) is 15.5 Å². The van der Waals surface area contributed by atoms with Gasteiger partial charge in [0.2, 0.25) is 10.0 Å². The van der Waals surface area contributed by atoms with Crippen molar-refractivity contribution in [2.75, 3.05) is 25.9 Å². The minimum absolute atomic E-state index is 0.1000. The van der Waals surface area contributed by atoms with Crippen molar-refractivity contribution in [3.63, 3.8) is 0 Å². The third-order valence-corrected chi connectivity index (χ3v) is 5.91. The van der Waals surface area contributed by atoms with Crippen LogP contribution in [0.15, 0.2) is 18.5 Å². The molecular weight excluding hydrogens is 332 g/mol. The second-order valence-electron chi connectivity index (χ2n) is 6.50. The van der Waals surface area contributed by atoms with Gasteiger partial charge in [-0.15, -0.1) is 0 Å². The minimum atomic E-state index is -3.19. The molecule has 1 aromatic heterocycles. The van der Waals surface area contributed by atoms with Crippen LogP contribution in [0.5, 0.6) is 0 Å². The normalized spacial score (nSPS) is 28.1. The molecule has 2 aliphatic rings. The van der Waals surface area contributed by atoms with E-state index in [-0.39, 0.29) is 12.0 Å². The van der Waals surface area contributed by atoms with Crippen LogP contribution in [0.3, 0.4) is 0 Å². The molecule has 0 aliphatic carbocycles. The molecule has 0 bridgehead atoms. The average Bonchev–Trinajstić information content (AvgIpc) is 2.97. The van der Waals surface area contributed by atoms with E-state index in [0.717, 1.165) is 19.3 Å². The second-order valence-corrected chi connectivity index (χ2v) is 8.49. The van der Waals surface area contributed by atoms with Crippen molar-refractivity contribution < 1.29 is 17.9 Å². The molecule has 132 valence electrons. The average molecular weight is 354 g/mol. The highest BCUT2D eigenvalue weighted by Crippen LogP contribution is 2.37. The molecule has 1 N–H and O–H groups in total. The van der Waals surface area contributed by atoms with Crippen LogP contribution in [-0.4, -0.2) is 66.4 Å². The first kappa shape index (κ1) is 17.2. The fourth-order valence-corrected chi connectivity index (χ4v) is 4.28. The Morgan fingerprint density at radius 2 is 2.29 bits per heavy atom. The number of nitrogens with one attached hydrogen (secondary N) is 1. The first-order chi connectivity index (χ1) is 11.4. The van der Waals surface area contributed by atoms with Crippen molar-refractivity contribution in [1.82, 2.24) is 19.8 Å². The molecule has 0 saturated carbocycles. The van der Waals surface area contributed by atoms with Crippen molar-refractivity contribution >= 4 is 15.9 Å². The van der Waals surface area contributed by atoms with Crippen molar-refractivity contribution in [1.29, 1.82) is 0 Å². The van der Waals surface area contributed by atoms with Gasteiger partial charge in [-0.3, -0.25) is 4.79 Å². The molecular formula is C15H22N4O4S. The summed E-state index contributed by atoms with van der Waals surface area (Å²) in [6.45, 7) is 1.31. The SMILES string of the molecule is CS(=O)(=O)N1CC[C@]2(CCC[C@@H](CNC(=O)c3ccnnc3)O2)C1. The molecule has 1 amide bonds. The number of hydrogen-bond acceptors (Lipinski definition) is 6. The summed E-state index contributed by atoms with van der Waals surface area (Å²) in [4.78, 5) is 12.1. The first-order valence-corrected chi connectivity index (χ1v) is 9.91. The third kappa shape index (κ3) is 3.90. The fourth-order valence-electron chi connectivity index (χ4n) is 3.39. The van der Waals surface area contributed by atoms with Gasteiger partial charge < -0.3 is 10.1 Å². The highest BCUT2D eigenvalue weighted by atomic mass is 32.2. The molecule has 1 aromatic rings. The summed E-state index contributed by atoms with van der Waals surface area (Å²) >= 11 is 0. The van der Waals surface area contributed by atoms with Gasteiger partial charge in [0.15, 0.2) is 0 Å². The smallest absolute Gasteiger partial charge is 0.253 e. The van der Waals surface area contributed by atoms with Gasteiger partial charge in [-0.25, -0.2) is 8.42 Å². The molecule has 1 spiro atoms. The van der Waals surface area contributed by atoms with Crippen LogP contribution >= 0.6 is 0 Å². The van der Waals surface area contributed by atoms with Crippen LogP contribution in [-0.2, 0) is 14.8 Å². The fraction of sp³-hybridized carbons (Fsp3) is 0.667. The molecule has 0 radical (unpaired) electrons. The summed E-state index contributed by atoms with van der Waals surface area (Å²) in [5.41, 5.74) is 0.0502. The van der Waals surface area contributed by atoms with Gasteiger partial charge in [-0.05, 0) is 31.7 Å². The molecule has 8 nitrogen and oxygen atoms in total. The number of ether oxygens (including phenoxy) is 1. The number of carbonyl (C=O) groups excluding carboxylic acids is 1. The van der Waals surface area contributed by atoms with E-state index in [0.29, 0.717) is 31.6 Å². The number of sulfonamides is 1. The van der Waals surface area contributed by atoms with Crippen LogP contribution in [0.4, 0.5) is 0 Å². The lowest BCUT2D eigenvalue weighted by atomic mass is 9.90. The summed E-state index contributed by atoms with van der Waals surface area (Å²) in [6.07, 6.45) is 7.41. The van der Waals surface area contributed by atoms with Crippen LogP contribution < -0.4 is 5.32 Å². The lowest BCUT2D eigenvalue weighted by Gasteiger charge is -2.38. The number of nitrogens with zero attached hydrogens (tertiary/aromatic N) is 3. The number of amides is 1. The topological polar surface area (TPSA) is 101 Å². The standard InChI is InChI=1S/C15H22N4O4S/c1-24(21,22)19-8-6-15(11-19)5-2-3-13(23-15)10-16-14(20)12-4-7-17-18-9-12/h4,7,9,13H,2-3,5-6,8,10-11H2,1H3,(H,16,20)/t13-,15+/m0/s1. The summed E-state index contributed by atoms with van der Waals surface area (Å²) in [6, 6.07) is 1.60. The highest BCUT2D eigenvalue weighted by molar-refractivity contribution is 7.88. The Labute approximate surface area is 141 Å². The van der Waals surface area contributed by atoms with E-state index in [1.165, 1.54) is 23.0 Å². The van der Waals surface area contributed by atoms with Gasteiger partial charge in [-0.2, -0.15) is 14.5 Å². The Kier molecular flexibility index (Phi) is 4.84. The van der Waals surface area contributed by atoms with E-state index < -0.39 is 15.6 Å². The number of aromatic nitrogens is 2. The maximum absolute atomic E-state index is 12.1. The molecule has 0 unspecified atom stereocenters. The predicted molar refractivity (Wildman–Crippen MR) is 86.9 cm³/mol. The van der Waals surface area contributed by atoms with E-state index in [4.69, 9.17) is 4.74 Å². The van der Waals surface area contributed by atoms with Gasteiger partial charge in [0, 0.05) is 19.6 Å². The van der Waals surface area contributed by atoms with Crippen molar-refractivity contribution in [2.45, 2.75) is 37.4 Å². The summed E-state index contributed by atoms with van der Waals surface area (Å²) in [5, 5.41) is 10.2. The van der Waals surface area contributed by atoms with Crippen LogP contribution in [0.1, 0.15) is 36.0 Å². The Balaban J connectivity index is 1.56. The van der Waals surface area contributed by atoms with E-state index in [9.17, 15) is 13.2 Å². The van der Waals surface area contributed by atoms with Crippen LogP contribution in [0, 0.1) is 0 Å². The number of carbonyl (C=O) groups is 1. The summed E-state index contributed by atoms with van der Waals surface area (Å²) < 4.78 is 31.1. The number of rotatable bonds is 4. The van der Waals surface area contributed by atoms with E-state index in [1.54, 1.807) is 6.07 Å². The van der Waals surface area contributed by atoms with Crippen molar-refractivity contribution in [2.24, 2.45) is 0 Å². The van der Waals surface area contributed by atoms with Gasteiger partial charge in [0.05, 0.1) is 35.9 Å². The molecule has 2 saturated heterocycles. The van der Waals surface area contributed by atoms with Gasteiger partial charge >= 0.3 is 0 Å². The molecule has 2 atom stereocenters. The lowest BCUT2D eigenvalue weighted by Crippen LogP contribution is -2.47. The monoisotopic (exact) mass is 354 g/mol. The summed E-state index contributed by atoms with van der Waals surface area (Å²) in [7, 11) is -3.19. The van der Waals surface area contributed by atoms with E-state index in [1.807, 2.05) is 0 Å². The van der Waals surface area contributed by atoms with Crippen molar-refractivity contribution in [3.8, 4) is 0 Å². The zero-order valence-corrected chi connectivity index (χ0v) is 14.5. The Bertz CT molecular complexity index is 697. The highest BCUT2D eigenvalue weighted by Gasteiger charge is 2.45. The van der Waals surface area contributed by atoms with Gasteiger partial charge in [-0.1, -0.05) is 0 Å². The van der Waals surface area contributed by atoms with Crippen molar-refractivity contribution in [3.05, 3.63) is 24.0 Å². The molecule has 0 aromatic carbocycles. The van der Waals surface area contributed by atoms with Crippen LogP contribution in [0.2, 0.25) is 0 Å². The molecule has 24 heavy (non-hydrogen) atoms.